The van der Waals surface area contributed by atoms with Crippen molar-refractivity contribution >= 4 is 5.91 Å². The molecule has 1 amide bonds. The molecule has 0 radical (unpaired) electrons. The molecular formula is C16H23NO2. The minimum atomic E-state index is -0.782. The van der Waals surface area contributed by atoms with E-state index in [1.165, 1.54) is 0 Å². The third-order valence-corrected chi connectivity index (χ3v) is 3.83. The number of aliphatic hydroxyl groups is 1. The molecule has 1 aliphatic heterocycles. The van der Waals surface area contributed by atoms with E-state index in [9.17, 15) is 9.90 Å². The quantitative estimate of drug-likeness (QED) is 0.844. The lowest BCUT2D eigenvalue weighted by Crippen LogP contribution is -2.48. The van der Waals surface area contributed by atoms with Gasteiger partial charge in [-0.2, -0.15) is 0 Å². The molecule has 1 fully saturated rings. The summed E-state index contributed by atoms with van der Waals surface area (Å²) < 4.78 is 0. The summed E-state index contributed by atoms with van der Waals surface area (Å²) in [6.45, 7) is 7.07. The summed E-state index contributed by atoms with van der Waals surface area (Å²) in [5.74, 6) is 0.169. The number of benzene rings is 1. The van der Waals surface area contributed by atoms with E-state index in [4.69, 9.17) is 0 Å². The minimum Gasteiger partial charge on any atom is -0.385 e. The number of carbonyl (C=O) groups excluding carboxylic acids is 1. The average Bonchev–Trinajstić information content (AvgIpc) is 2.39. The van der Waals surface area contributed by atoms with E-state index in [0.29, 0.717) is 25.9 Å². The van der Waals surface area contributed by atoms with Crippen molar-refractivity contribution in [3.63, 3.8) is 0 Å². The van der Waals surface area contributed by atoms with E-state index in [-0.39, 0.29) is 11.3 Å². The Hall–Kier alpha value is -1.35. The number of hydrogen-bond acceptors (Lipinski definition) is 2. The summed E-state index contributed by atoms with van der Waals surface area (Å²) in [7, 11) is 0. The Balaban J connectivity index is 2.05. The van der Waals surface area contributed by atoms with Gasteiger partial charge in [0.25, 0.3) is 0 Å². The van der Waals surface area contributed by atoms with Gasteiger partial charge < -0.3 is 10.0 Å². The highest BCUT2D eigenvalue weighted by Crippen LogP contribution is 2.33. The molecule has 0 aliphatic carbocycles. The SMILES string of the molecule is CC(C)(C)C(=O)N1CCC(O)(c2ccccc2)CC1. The second kappa shape index (κ2) is 4.97. The van der Waals surface area contributed by atoms with Crippen LogP contribution >= 0.6 is 0 Å². The molecule has 3 nitrogen and oxygen atoms in total. The first-order valence-electron chi connectivity index (χ1n) is 6.90. The van der Waals surface area contributed by atoms with Crippen molar-refractivity contribution in [2.75, 3.05) is 13.1 Å². The number of piperidine rings is 1. The molecule has 0 bridgehead atoms. The van der Waals surface area contributed by atoms with Crippen LogP contribution in [0.25, 0.3) is 0 Å². The van der Waals surface area contributed by atoms with Crippen molar-refractivity contribution in [1.82, 2.24) is 4.90 Å². The molecule has 1 saturated heterocycles. The number of rotatable bonds is 1. The summed E-state index contributed by atoms with van der Waals surface area (Å²) in [6.07, 6.45) is 1.22. The standard InChI is InChI=1S/C16H23NO2/c1-15(2,3)14(18)17-11-9-16(19,10-12-17)13-7-5-4-6-8-13/h4-8,19H,9-12H2,1-3H3. The van der Waals surface area contributed by atoms with Crippen molar-refractivity contribution in [2.45, 2.75) is 39.2 Å². The van der Waals surface area contributed by atoms with Crippen LogP contribution in [-0.4, -0.2) is 29.0 Å². The zero-order chi connectivity index (χ0) is 14.1. The Morgan fingerprint density at radius 1 is 1.16 bits per heavy atom. The predicted octanol–water partition coefficient (Wildman–Crippen LogP) is 2.54. The lowest BCUT2D eigenvalue weighted by atomic mass is 9.83. The van der Waals surface area contributed by atoms with Crippen LogP contribution in [-0.2, 0) is 10.4 Å². The summed E-state index contributed by atoms with van der Waals surface area (Å²) in [5, 5.41) is 10.7. The van der Waals surface area contributed by atoms with Gasteiger partial charge >= 0.3 is 0 Å². The van der Waals surface area contributed by atoms with Crippen molar-refractivity contribution < 1.29 is 9.90 Å². The Labute approximate surface area is 115 Å². The normalized spacial score (nSPS) is 19.3. The van der Waals surface area contributed by atoms with E-state index in [2.05, 4.69) is 0 Å². The van der Waals surface area contributed by atoms with Crippen molar-refractivity contribution in [3.05, 3.63) is 35.9 Å². The fourth-order valence-electron chi connectivity index (χ4n) is 2.59. The minimum absolute atomic E-state index is 0.169. The van der Waals surface area contributed by atoms with Crippen LogP contribution in [0.2, 0.25) is 0 Å². The molecule has 104 valence electrons. The summed E-state index contributed by atoms with van der Waals surface area (Å²) in [5.41, 5.74) is -0.171. The van der Waals surface area contributed by atoms with Crippen LogP contribution in [0.3, 0.4) is 0 Å². The molecule has 19 heavy (non-hydrogen) atoms. The molecule has 0 unspecified atom stereocenters. The maximum absolute atomic E-state index is 12.2. The van der Waals surface area contributed by atoms with Gasteiger partial charge in [0.1, 0.15) is 0 Å². The van der Waals surface area contributed by atoms with E-state index in [1.807, 2.05) is 56.0 Å². The van der Waals surface area contributed by atoms with Gasteiger partial charge in [0.2, 0.25) is 5.91 Å². The highest BCUT2D eigenvalue weighted by molar-refractivity contribution is 5.81. The Morgan fingerprint density at radius 3 is 2.16 bits per heavy atom. The maximum Gasteiger partial charge on any atom is 0.227 e. The van der Waals surface area contributed by atoms with E-state index in [0.717, 1.165) is 5.56 Å². The maximum atomic E-state index is 12.2. The van der Waals surface area contributed by atoms with Gasteiger partial charge in [-0.3, -0.25) is 4.79 Å². The second-order valence-corrected chi connectivity index (χ2v) is 6.44. The second-order valence-electron chi connectivity index (χ2n) is 6.44. The summed E-state index contributed by atoms with van der Waals surface area (Å²) >= 11 is 0. The number of nitrogens with zero attached hydrogens (tertiary/aromatic N) is 1. The van der Waals surface area contributed by atoms with Gasteiger partial charge in [-0.15, -0.1) is 0 Å². The monoisotopic (exact) mass is 261 g/mol. The van der Waals surface area contributed by atoms with E-state index in [1.54, 1.807) is 0 Å². The third-order valence-electron chi connectivity index (χ3n) is 3.83. The molecular weight excluding hydrogens is 238 g/mol. The fraction of sp³-hybridized carbons (Fsp3) is 0.562. The van der Waals surface area contributed by atoms with Crippen LogP contribution in [0.5, 0.6) is 0 Å². The van der Waals surface area contributed by atoms with Gasteiger partial charge in [0.15, 0.2) is 0 Å². The first-order chi connectivity index (χ1) is 8.83. The van der Waals surface area contributed by atoms with E-state index < -0.39 is 5.60 Å². The largest absolute Gasteiger partial charge is 0.385 e. The smallest absolute Gasteiger partial charge is 0.227 e. The first-order valence-corrected chi connectivity index (χ1v) is 6.90. The molecule has 3 heteroatoms. The van der Waals surface area contributed by atoms with Crippen LogP contribution in [0.1, 0.15) is 39.2 Å². The molecule has 0 spiro atoms. The van der Waals surface area contributed by atoms with Crippen LogP contribution in [0, 0.1) is 5.41 Å². The van der Waals surface area contributed by atoms with Crippen LogP contribution in [0.15, 0.2) is 30.3 Å². The van der Waals surface area contributed by atoms with Crippen molar-refractivity contribution in [3.8, 4) is 0 Å². The molecule has 0 aromatic heterocycles. The molecule has 1 aromatic carbocycles. The zero-order valence-electron chi connectivity index (χ0n) is 12.0. The van der Waals surface area contributed by atoms with Crippen LogP contribution < -0.4 is 0 Å². The van der Waals surface area contributed by atoms with Gasteiger partial charge in [-0.25, -0.2) is 0 Å². The summed E-state index contributed by atoms with van der Waals surface area (Å²) in [4.78, 5) is 14.1. The molecule has 0 saturated carbocycles. The zero-order valence-corrected chi connectivity index (χ0v) is 12.0. The Kier molecular flexibility index (Phi) is 3.68. The Bertz CT molecular complexity index is 440. The van der Waals surface area contributed by atoms with Gasteiger partial charge in [0, 0.05) is 18.5 Å². The predicted molar refractivity (Wildman–Crippen MR) is 75.6 cm³/mol. The van der Waals surface area contributed by atoms with Crippen molar-refractivity contribution in [1.29, 1.82) is 0 Å². The average molecular weight is 261 g/mol. The molecule has 1 aromatic rings. The van der Waals surface area contributed by atoms with Gasteiger partial charge in [-0.1, -0.05) is 51.1 Å². The Morgan fingerprint density at radius 2 is 1.68 bits per heavy atom. The first kappa shape index (κ1) is 14.1. The lowest BCUT2D eigenvalue weighted by Gasteiger charge is -2.40. The molecule has 0 atom stereocenters. The third kappa shape index (κ3) is 2.98. The lowest BCUT2D eigenvalue weighted by molar-refractivity contribution is -0.144. The number of likely N-dealkylation sites (tertiary alicyclic amines) is 1. The fourth-order valence-corrected chi connectivity index (χ4v) is 2.59. The van der Waals surface area contributed by atoms with Gasteiger partial charge in [-0.05, 0) is 18.4 Å². The van der Waals surface area contributed by atoms with Crippen molar-refractivity contribution in [2.24, 2.45) is 5.41 Å². The number of amides is 1. The molecule has 2 rings (SSSR count). The summed E-state index contributed by atoms with van der Waals surface area (Å²) in [6, 6.07) is 9.76. The number of hydrogen-bond donors (Lipinski definition) is 1. The number of carbonyl (C=O) groups is 1. The van der Waals surface area contributed by atoms with Crippen LogP contribution in [0.4, 0.5) is 0 Å². The van der Waals surface area contributed by atoms with Gasteiger partial charge in [0.05, 0.1) is 5.60 Å². The molecule has 1 N–H and O–H groups in total. The molecule has 1 heterocycles. The van der Waals surface area contributed by atoms with E-state index >= 15 is 0 Å². The topological polar surface area (TPSA) is 40.5 Å². The highest BCUT2D eigenvalue weighted by atomic mass is 16.3. The highest BCUT2D eigenvalue weighted by Gasteiger charge is 2.37. The molecule has 1 aliphatic rings.